The third kappa shape index (κ3) is 6.31. The van der Waals surface area contributed by atoms with Crippen molar-refractivity contribution in [2.45, 2.75) is 64.4 Å². The molecule has 0 unspecified atom stereocenters. The van der Waals surface area contributed by atoms with Gasteiger partial charge in [0.2, 0.25) is 0 Å². The topological polar surface area (TPSA) is 99.0 Å². The standard InChI is InChI=1S/C36H35BrN2O6/c1-2-44-32-21-25(20-27(37)36(32)45-22-24-11-6-12-26(19-24)39(42)43)33-34-28(13-7-15-30(34)40)38(18-17-23-9-4-3-5-10-23)29-14-8-16-31(41)35(29)33/h3-6,9-12,19-21,33H,2,7-8,13-18,22H2,1H3. The van der Waals surface area contributed by atoms with E-state index in [9.17, 15) is 19.7 Å². The van der Waals surface area contributed by atoms with E-state index in [0.29, 0.717) is 47.5 Å². The largest absolute Gasteiger partial charge is 0.490 e. The maximum Gasteiger partial charge on any atom is 0.269 e. The van der Waals surface area contributed by atoms with Gasteiger partial charge < -0.3 is 14.4 Å². The lowest BCUT2D eigenvalue weighted by atomic mass is 9.71. The minimum atomic E-state index is -0.482. The predicted octanol–water partition coefficient (Wildman–Crippen LogP) is 7.99. The van der Waals surface area contributed by atoms with Gasteiger partial charge in [0.1, 0.15) is 6.61 Å². The van der Waals surface area contributed by atoms with Crippen LogP contribution in [-0.2, 0) is 22.6 Å². The van der Waals surface area contributed by atoms with Crippen LogP contribution < -0.4 is 9.47 Å². The van der Waals surface area contributed by atoms with Crippen molar-refractivity contribution in [1.82, 2.24) is 4.90 Å². The summed E-state index contributed by atoms with van der Waals surface area (Å²) < 4.78 is 12.8. The Bertz CT molecular complexity index is 1670. The van der Waals surface area contributed by atoms with E-state index in [-0.39, 0.29) is 23.9 Å². The highest BCUT2D eigenvalue weighted by Gasteiger charge is 2.43. The molecule has 232 valence electrons. The van der Waals surface area contributed by atoms with E-state index >= 15 is 0 Å². The molecule has 0 amide bonds. The van der Waals surface area contributed by atoms with Gasteiger partial charge in [0.05, 0.1) is 16.0 Å². The van der Waals surface area contributed by atoms with E-state index in [1.54, 1.807) is 12.1 Å². The molecule has 0 bridgehead atoms. The van der Waals surface area contributed by atoms with Gasteiger partial charge in [-0.05, 0) is 83.8 Å². The van der Waals surface area contributed by atoms with Crippen molar-refractivity contribution in [3.8, 4) is 11.5 Å². The van der Waals surface area contributed by atoms with Gasteiger partial charge in [0.15, 0.2) is 23.1 Å². The quantitative estimate of drug-likeness (QED) is 0.159. The molecule has 0 N–H and O–H groups in total. The molecule has 0 fully saturated rings. The van der Waals surface area contributed by atoms with Crippen LogP contribution in [0.15, 0.2) is 93.7 Å². The Balaban J connectivity index is 1.40. The molecule has 0 radical (unpaired) electrons. The number of Topliss-reactive ketones (excluding diaryl/α,β-unsaturated/α-hetero) is 2. The first-order valence-electron chi connectivity index (χ1n) is 15.5. The Morgan fingerprint density at radius 3 is 2.18 bits per heavy atom. The third-order valence-corrected chi connectivity index (χ3v) is 9.31. The highest BCUT2D eigenvalue weighted by Crippen LogP contribution is 2.51. The number of halogens is 1. The molecular weight excluding hydrogens is 636 g/mol. The van der Waals surface area contributed by atoms with Crippen molar-refractivity contribution < 1.29 is 24.0 Å². The van der Waals surface area contributed by atoms with Crippen LogP contribution in [-0.4, -0.2) is 34.5 Å². The van der Waals surface area contributed by atoms with Gasteiger partial charge >= 0.3 is 0 Å². The average molecular weight is 672 g/mol. The van der Waals surface area contributed by atoms with E-state index in [0.717, 1.165) is 60.2 Å². The third-order valence-electron chi connectivity index (χ3n) is 8.72. The summed E-state index contributed by atoms with van der Waals surface area (Å²) in [6, 6.07) is 20.5. The highest BCUT2D eigenvalue weighted by atomic mass is 79.9. The Morgan fingerprint density at radius 1 is 0.867 bits per heavy atom. The van der Waals surface area contributed by atoms with Crippen LogP contribution in [0, 0.1) is 10.1 Å². The number of benzene rings is 3. The summed E-state index contributed by atoms with van der Waals surface area (Å²) in [5.74, 6) is 0.646. The molecule has 3 aliphatic rings. The van der Waals surface area contributed by atoms with Gasteiger partial charge in [-0.2, -0.15) is 0 Å². The van der Waals surface area contributed by atoms with Crippen LogP contribution in [0.4, 0.5) is 5.69 Å². The van der Waals surface area contributed by atoms with Gasteiger partial charge in [-0.1, -0.05) is 42.5 Å². The van der Waals surface area contributed by atoms with Crippen LogP contribution in [0.3, 0.4) is 0 Å². The van der Waals surface area contributed by atoms with Crippen molar-refractivity contribution >= 4 is 33.2 Å². The van der Waals surface area contributed by atoms with Gasteiger partial charge in [-0.3, -0.25) is 19.7 Å². The Labute approximate surface area is 271 Å². The molecule has 1 aliphatic heterocycles. The van der Waals surface area contributed by atoms with Crippen molar-refractivity contribution in [3.63, 3.8) is 0 Å². The number of allylic oxidation sites excluding steroid dienone is 4. The number of carbonyl (C=O) groups is 2. The van der Waals surface area contributed by atoms with Crippen LogP contribution in [0.2, 0.25) is 0 Å². The molecule has 1 heterocycles. The molecule has 6 rings (SSSR count). The first-order chi connectivity index (χ1) is 21.9. The number of non-ortho nitro benzene ring substituents is 1. The lowest BCUT2D eigenvalue weighted by molar-refractivity contribution is -0.384. The molecule has 0 spiro atoms. The fraction of sp³-hybridized carbons (Fsp3) is 0.333. The van der Waals surface area contributed by atoms with Crippen LogP contribution in [0.1, 0.15) is 68.1 Å². The number of ketones is 2. The zero-order valence-corrected chi connectivity index (χ0v) is 26.8. The fourth-order valence-electron chi connectivity index (χ4n) is 6.78. The van der Waals surface area contributed by atoms with Crippen molar-refractivity contribution in [2.24, 2.45) is 0 Å². The second-order valence-corrected chi connectivity index (χ2v) is 12.4. The monoisotopic (exact) mass is 670 g/mol. The van der Waals surface area contributed by atoms with Crippen LogP contribution >= 0.6 is 15.9 Å². The fourth-order valence-corrected chi connectivity index (χ4v) is 7.35. The molecule has 3 aromatic carbocycles. The summed E-state index contributed by atoms with van der Waals surface area (Å²) in [5, 5.41) is 11.3. The van der Waals surface area contributed by atoms with Crippen molar-refractivity contribution in [1.29, 1.82) is 0 Å². The van der Waals surface area contributed by atoms with E-state index in [1.807, 2.05) is 37.3 Å². The number of nitro benzene ring substituents is 1. The van der Waals surface area contributed by atoms with Gasteiger partial charge in [0.25, 0.3) is 5.69 Å². The zero-order chi connectivity index (χ0) is 31.5. The molecule has 3 aromatic rings. The van der Waals surface area contributed by atoms with Crippen molar-refractivity contribution in [3.05, 3.63) is 121 Å². The SMILES string of the molecule is CCOc1cc(C2C3=C(CCCC3=O)N(CCc3ccccc3)C3=C2C(=O)CCC3)cc(Br)c1OCc1cccc([N+](=O)[O-])c1. The minimum absolute atomic E-state index is 0.00638. The molecule has 0 aromatic heterocycles. The normalized spacial score (nSPS) is 16.9. The lowest BCUT2D eigenvalue weighted by Crippen LogP contribution is -2.40. The molecule has 0 saturated carbocycles. The van der Waals surface area contributed by atoms with E-state index in [2.05, 4.69) is 33.0 Å². The number of nitrogens with zero attached hydrogens (tertiary/aromatic N) is 2. The van der Waals surface area contributed by atoms with E-state index < -0.39 is 10.8 Å². The maximum absolute atomic E-state index is 13.8. The maximum atomic E-state index is 13.8. The van der Waals surface area contributed by atoms with E-state index in [4.69, 9.17) is 9.47 Å². The smallest absolute Gasteiger partial charge is 0.269 e. The number of carbonyl (C=O) groups excluding carboxylic acids is 2. The Hall–Kier alpha value is -4.24. The zero-order valence-electron chi connectivity index (χ0n) is 25.2. The molecule has 2 aliphatic carbocycles. The molecule has 9 heteroatoms. The number of ether oxygens (including phenoxy) is 2. The summed E-state index contributed by atoms with van der Waals surface area (Å²) in [4.78, 5) is 40.7. The van der Waals surface area contributed by atoms with Crippen LogP contribution in [0.25, 0.3) is 0 Å². The van der Waals surface area contributed by atoms with Gasteiger partial charge in [-0.25, -0.2) is 0 Å². The molecule has 8 nitrogen and oxygen atoms in total. The average Bonchev–Trinajstić information content (AvgIpc) is 3.04. The summed E-state index contributed by atoms with van der Waals surface area (Å²) >= 11 is 3.69. The van der Waals surface area contributed by atoms with Gasteiger partial charge in [0, 0.05) is 60.0 Å². The Kier molecular flexibility index (Phi) is 9.16. The molecular formula is C36H35BrN2O6. The summed E-state index contributed by atoms with van der Waals surface area (Å²) in [7, 11) is 0. The first-order valence-corrected chi connectivity index (χ1v) is 16.3. The lowest BCUT2D eigenvalue weighted by Gasteiger charge is -2.44. The highest BCUT2D eigenvalue weighted by molar-refractivity contribution is 9.10. The van der Waals surface area contributed by atoms with E-state index in [1.165, 1.54) is 17.7 Å². The minimum Gasteiger partial charge on any atom is -0.490 e. The predicted molar refractivity (Wildman–Crippen MR) is 174 cm³/mol. The molecule has 45 heavy (non-hydrogen) atoms. The number of rotatable bonds is 10. The number of hydrogen-bond acceptors (Lipinski definition) is 7. The summed E-state index contributed by atoms with van der Waals surface area (Å²) in [5.41, 5.74) is 6.21. The van der Waals surface area contributed by atoms with Crippen LogP contribution in [0.5, 0.6) is 11.5 Å². The molecule has 0 atom stereocenters. The Morgan fingerprint density at radius 2 is 1.53 bits per heavy atom. The summed E-state index contributed by atoms with van der Waals surface area (Å²) in [6.07, 6.45) is 4.91. The van der Waals surface area contributed by atoms with Crippen molar-refractivity contribution in [2.75, 3.05) is 13.2 Å². The first kappa shape index (κ1) is 30.8. The number of hydrogen-bond donors (Lipinski definition) is 0. The second-order valence-electron chi connectivity index (χ2n) is 11.6. The second kappa shape index (κ2) is 13.4. The molecule has 0 saturated heterocycles. The van der Waals surface area contributed by atoms with Gasteiger partial charge in [-0.15, -0.1) is 0 Å². The summed E-state index contributed by atoms with van der Waals surface area (Å²) in [6.45, 7) is 3.07. The number of nitro groups is 1.